The molecule has 1 N–H and O–H groups in total. The highest BCUT2D eigenvalue weighted by Gasteiger charge is 2.11. The molecule has 0 saturated carbocycles. The topological polar surface area (TPSA) is 32.3 Å². The van der Waals surface area contributed by atoms with Gasteiger partial charge in [-0.05, 0) is 60.3 Å². The molecule has 142 valence electrons. The van der Waals surface area contributed by atoms with Crippen molar-refractivity contribution >= 4 is 5.91 Å². The first kappa shape index (κ1) is 18.5. The van der Waals surface area contributed by atoms with E-state index in [2.05, 4.69) is 46.6 Å². The highest BCUT2D eigenvalue weighted by Crippen LogP contribution is 2.19. The zero-order valence-electron chi connectivity index (χ0n) is 16.1. The van der Waals surface area contributed by atoms with E-state index in [1.165, 1.54) is 31.5 Å². The molecule has 1 aliphatic rings. The molecule has 1 heterocycles. The number of likely N-dealkylation sites (tertiary alicyclic amines) is 1. The third kappa shape index (κ3) is 4.68. The molecule has 28 heavy (non-hydrogen) atoms. The number of nitrogens with zero attached hydrogens (tertiary/aromatic N) is 1. The second-order valence-electron chi connectivity index (χ2n) is 7.43. The van der Waals surface area contributed by atoms with Gasteiger partial charge in [0.05, 0.1) is 0 Å². The number of hydrogen-bond donors (Lipinski definition) is 1. The summed E-state index contributed by atoms with van der Waals surface area (Å²) in [6, 6.07) is 26.5. The second kappa shape index (κ2) is 8.85. The lowest BCUT2D eigenvalue weighted by Gasteiger charge is -2.14. The minimum absolute atomic E-state index is 0.0410. The van der Waals surface area contributed by atoms with Crippen LogP contribution in [-0.2, 0) is 13.1 Å². The molecule has 1 saturated heterocycles. The van der Waals surface area contributed by atoms with Crippen molar-refractivity contribution < 1.29 is 4.79 Å². The maximum atomic E-state index is 12.4. The summed E-state index contributed by atoms with van der Waals surface area (Å²) in [5, 5.41) is 3.02. The van der Waals surface area contributed by atoms with Crippen molar-refractivity contribution in [3.8, 4) is 11.1 Å². The molecule has 1 aliphatic heterocycles. The highest BCUT2D eigenvalue weighted by molar-refractivity contribution is 5.94. The van der Waals surface area contributed by atoms with Crippen LogP contribution >= 0.6 is 0 Å². The van der Waals surface area contributed by atoms with Crippen LogP contribution in [0.25, 0.3) is 11.1 Å². The summed E-state index contributed by atoms with van der Waals surface area (Å²) in [7, 11) is 0. The summed E-state index contributed by atoms with van der Waals surface area (Å²) >= 11 is 0. The summed E-state index contributed by atoms with van der Waals surface area (Å²) in [6.07, 6.45) is 2.63. The van der Waals surface area contributed by atoms with Gasteiger partial charge in [-0.25, -0.2) is 0 Å². The van der Waals surface area contributed by atoms with Gasteiger partial charge in [-0.1, -0.05) is 66.7 Å². The SMILES string of the molecule is O=C(NCc1ccc(CN2CCCC2)cc1)c1ccc(-c2ccccc2)cc1. The summed E-state index contributed by atoms with van der Waals surface area (Å²) in [4.78, 5) is 14.9. The van der Waals surface area contributed by atoms with Gasteiger partial charge in [0.2, 0.25) is 0 Å². The Morgan fingerprint density at radius 2 is 1.36 bits per heavy atom. The van der Waals surface area contributed by atoms with Crippen LogP contribution in [0.1, 0.15) is 34.3 Å². The minimum atomic E-state index is -0.0410. The van der Waals surface area contributed by atoms with E-state index in [9.17, 15) is 4.79 Å². The van der Waals surface area contributed by atoms with Crippen molar-refractivity contribution in [3.05, 3.63) is 95.6 Å². The zero-order chi connectivity index (χ0) is 19.2. The first-order valence-corrected chi connectivity index (χ1v) is 10.0. The molecular formula is C25H26N2O. The summed E-state index contributed by atoms with van der Waals surface area (Å²) < 4.78 is 0. The van der Waals surface area contributed by atoms with E-state index in [-0.39, 0.29) is 5.91 Å². The largest absolute Gasteiger partial charge is 0.348 e. The van der Waals surface area contributed by atoms with Gasteiger partial charge in [-0.15, -0.1) is 0 Å². The van der Waals surface area contributed by atoms with Crippen molar-refractivity contribution in [1.29, 1.82) is 0 Å². The highest BCUT2D eigenvalue weighted by atomic mass is 16.1. The monoisotopic (exact) mass is 370 g/mol. The standard InChI is InChI=1S/C25H26N2O/c28-25(24-14-12-23(13-15-24)22-6-2-1-3-7-22)26-18-20-8-10-21(11-9-20)19-27-16-4-5-17-27/h1-3,6-15H,4-5,16-19H2,(H,26,28). The van der Waals surface area contributed by atoms with E-state index >= 15 is 0 Å². The predicted octanol–water partition coefficient (Wildman–Crippen LogP) is 4.88. The normalized spacial score (nSPS) is 14.1. The fraction of sp³-hybridized carbons (Fsp3) is 0.240. The van der Waals surface area contributed by atoms with Gasteiger partial charge in [0.25, 0.3) is 5.91 Å². The third-order valence-electron chi connectivity index (χ3n) is 5.34. The third-order valence-corrected chi connectivity index (χ3v) is 5.34. The fourth-order valence-corrected chi connectivity index (χ4v) is 3.69. The van der Waals surface area contributed by atoms with Crippen molar-refractivity contribution in [3.63, 3.8) is 0 Å². The number of carbonyl (C=O) groups is 1. The molecule has 3 aromatic carbocycles. The molecule has 0 aromatic heterocycles. The van der Waals surface area contributed by atoms with Crippen LogP contribution in [0.3, 0.4) is 0 Å². The fourth-order valence-electron chi connectivity index (χ4n) is 3.69. The first-order valence-electron chi connectivity index (χ1n) is 10.0. The molecule has 0 spiro atoms. The molecule has 1 fully saturated rings. The van der Waals surface area contributed by atoms with Crippen LogP contribution in [0.4, 0.5) is 0 Å². The molecule has 0 atom stereocenters. The van der Waals surface area contributed by atoms with Crippen LogP contribution in [0.5, 0.6) is 0 Å². The summed E-state index contributed by atoms with van der Waals surface area (Å²) in [5.74, 6) is -0.0410. The maximum absolute atomic E-state index is 12.4. The van der Waals surface area contributed by atoms with Crippen LogP contribution in [0.15, 0.2) is 78.9 Å². The molecule has 4 rings (SSSR count). The first-order chi connectivity index (χ1) is 13.8. The van der Waals surface area contributed by atoms with E-state index in [1.807, 2.05) is 42.5 Å². The molecule has 3 aromatic rings. The van der Waals surface area contributed by atoms with Crippen LogP contribution in [0.2, 0.25) is 0 Å². The molecule has 0 radical (unpaired) electrons. The lowest BCUT2D eigenvalue weighted by atomic mass is 10.0. The van der Waals surface area contributed by atoms with E-state index in [4.69, 9.17) is 0 Å². The van der Waals surface area contributed by atoms with Gasteiger partial charge in [0.1, 0.15) is 0 Å². The molecular weight excluding hydrogens is 344 g/mol. The van der Waals surface area contributed by atoms with Gasteiger partial charge in [0.15, 0.2) is 0 Å². The molecule has 0 bridgehead atoms. The Labute approximate surface area is 167 Å². The van der Waals surface area contributed by atoms with Gasteiger partial charge >= 0.3 is 0 Å². The number of benzene rings is 3. The van der Waals surface area contributed by atoms with Crippen LogP contribution < -0.4 is 5.32 Å². The predicted molar refractivity (Wildman–Crippen MR) is 114 cm³/mol. The Morgan fingerprint density at radius 1 is 0.750 bits per heavy atom. The zero-order valence-corrected chi connectivity index (χ0v) is 16.1. The molecule has 0 unspecified atom stereocenters. The van der Waals surface area contributed by atoms with Crippen molar-refractivity contribution in [2.45, 2.75) is 25.9 Å². The Kier molecular flexibility index (Phi) is 5.83. The van der Waals surface area contributed by atoms with E-state index < -0.39 is 0 Å². The van der Waals surface area contributed by atoms with Crippen LogP contribution in [-0.4, -0.2) is 23.9 Å². The summed E-state index contributed by atoms with van der Waals surface area (Å²) in [5.41, 5.74) is 5.42. The van der Waals surface area contributed by atoms with Gasteiger partial charge < -0.3 is 5.32 Å². The Morgan fingerprint density at radius 3 is 2.04 bits per heavy atom. The van der Waals surface area contributed by atoms with E-state index in [1.54, 1.807) is 0 Å². The Balaban J connectivity index is 1.31. The molecule has 3 heteroatoms. The smallest absolute Gasteiger partial charge is 0.251 e. The second-order valence-corrected chi connectivity index (χ2v) is 7.43. The number of nitrogens with one attached hydrogen (secondary N) is 1. The maximum Gasteiger partial charge on any atom is 0.251 e. The minimum Gasteiger partial charge on any atom is -0.348 e. The molecule has 3 nitrogen and oxygen atoms in total. The Hall–Kier alpha value is -2.91. The quantitative estimate of drug-likeness (QED) is 0.671. The van der Waals surface area contributed by atoms with E-state index in [0.29, 0.717) is 12.1 Å². The molecule has 0 aliphatic carbocycles. The van der Waals surface area contributed by atoms with Crippen LogP contribution in [0, 0.1) is 0 Å². The van der Waals surface area contributed by atoms with E-state index in [0.717, 1.165) is 23.2 Å². The average molecular weight is 370 g/mol. The van der Waals surface area contributed by atoms with Crippen molar-refractivity contribution in [2.24, 2.45) is 0 Å². The Bertz CT molecular complexity index is 896. The number of hydrogen-bond acceptors (Lipinski definition) is 2. The number of rotatable bonds is 6. The molecule has 1 amide bonds. The average Bonchev–Trinajstić information content (AvgIpc) is 3.27. The van der Waals surface area contributed by atoms with Gasteiger partial charge in [-0.3, -0.25) is 9.69 Å². The van der Waals surface area contributed by atoms with Crippen molar-refractivity contribution in [1.82, 2.24) is 10.2 Å². The lowest BCUT2D eigenvalue weighted by molar-refractivity contribution is 0.0951. The van der Waals surface area contributed by atoms with Gasteiger partial charge in [0, 0.05) is 18.7 Å². The van der Waals surface area contributed by atoms with Crippen molar-refractivity contribution in [2.75, 3.05) is 13.1 Å². The summed E-state index contributed by atoms with van der Waals surface area (Å²) in [6.45, 7) is 3.99. The number of amides is 1. The number of carbonyl (C=O) groups excluding carboxylic acids is 1. The van der Waals surface area contributed by atoms with Gasteiger partial charge in [-0.2, -0.15) is 0 Å². The lowest BCUT2D eigenvalue weighted by Crippen LogP contribution is -2.22.